The summed E-state index contributed by atoms with van der Waals surface area (Å²) < 4.78 is 56.9. The van der Waals surface area contributed by atoms with Gasteiger partial charge < -0.3 is 19.6 Å². The standard InChI is InChI=1S/C29H33F3N2O4/c1-18-13-21-20-7-3-4-8-24(20)33-27(21)28(34(18)17-29(32)9-10-29)26-22(30)14-19(15-23(26)31)38-12-6-2-5-11-37-16-25(35)36/h3-4,7-8,14-15,18,28,33H,2,5-6,9-13,16-17H2,1H3,(H,35,36)/t18-,28-/m1/s1. The third-order valence-corrected chi connectivity index (χ3v) is 7.53. The number of nitrogens with one attached hydrogen (secondary N) is 1. The topological polar surface area (TPSA) is 74.8 Å². The second-order valence-electron chi connectivity index (χ2n) is 10.5. The first kappa shape index (κ1) is 26.6. The van der Waals surface area contributed by atoms with Crippen LogP contribution in [0.5, 0.6) is 5.75 Å². The summed E-state index contributed by atoms with van der Waals surface area (Å²) in [5.41, 5.74) is 1.21. The molecule has 1 aromatic heterocycles. The second kappa shape index (κ2) is 11.0. The summed E-state index contributed by atoms with van der Waals surface area (Å²) in [5.74, 6) is -2.36. The van der Waals surface area contributed by atoms with Crippen LogP contribution in [0.25, 0.3) is 10.9 Å². The number of aromatic nitrogens is 1. The Balaban J connectivity index is 1.35. The van der Waals surface area contributed by atoms with Crippen molar-refractivity contribution in [2.24, 2.45) is 0 Å². The lowest BCUT2D eigenvalue weighted by atomic mass is 9.87. The largest absolute Gasteiger partial charge is 0.493 e. The molecule has 1 aliphatic carbocycles. The van der Waals surface area contributed by atoms with Gasteiger partial charge in [0.2, 0.25) is 0 Å². The third-order valence-electron chi connectivity index (χ3n) is 7.53. The predicted octanol–water partition coefficient (Wildman–Crippen LogP) is 5.93. The molecule has 0 bridgehead atoms. The van der Waals surface area contributed by atoms with Crippen LogP contribution >= 0.6 is 0 Å². The molecule has 1 aliphatic heterocycles. The molecule has 0 radical (unpaired) electrons. The molecule has 1 fully saturated rings. The van der Waals surface area contributed by atoms with Gasteiger partial charge >= 0.3 is 5.97 Å². The summed E-state index contributed by atoms with van der Waals surface area (Å²) in [7, 11) is 0. The van der Waals surface area contributed by atoms with E-state index in [1.54, 1.807) is 0 Å². The number of hydrogen-bond acceptors (Lipinski definition) is 4. The third kappa shape index (κ3) is 5.68. The molecular weight excluding hydrogens is 497 g/mol. The van der Waals surface area contributed by atoms with Crippen LogP contribution in [0.1, 0.15) is 61.9 Å². The lowest BCUT2D eigenvalue weighted by Crippen LogP contribution is -2.46. The highest BCUT2D eigenvalue weighted by molar-refractivity contribution is 5.85. The zero-order valence-corrected chi connectivity index (χ0v) is 21.4. The minimum atomic E-state index is -1.31. The van der Waals surface area contributed by atoms with Crippen molar-refractivity contribution >= 4 is 16.9 Å². The van der Waals surface area contributed by atoms with Crippen LogP contribution in [-0.4, -0.2) is 59.0 Å². The number of carbonyl (C=O) groups is 1. The number of carboxylic acid groups (broad SMARTS) is 1. The summed E-state index contributed by atoms with van der Waals surface area (Å²) in [6, 6.07) is 9.33. The zero-order valence-electron chi connectivity index (χ0n) is 21.4. The molecule has 0 saturated heterocycles. The minimum absolute atomic E-state index is 0.0994. The number of halogens is 3. The first-order valence-electron chi connectivity index (χ1n) is 13.2. The Hall–Kier alpha value is -3.04. The van der Waals surface area contributed by atoms with Crippen LogP contribution in [0.2, 0.25) is 0 Å². The van der Waals surface area contributed by atoms with Gasteiger partial charge in [-0.15, -0.1) is 0 Å². The molecule has 2 atom stereocenters. The Morgan fingerprint density at radius 1 is 1.13 bits per heavy atom. The van der Waals surface area contributed by atoms with Crippen LogP contribution in [0.4, 0.5) is 13.2 Å². The van der Waals surface area contributed by atoms with E-state index in [2.05, 4.69) is 4.98 Å². The molecule has 2 heterocycles. The maximum Gasteiger partial charge on any atom is 0.329 e. The van der Waals surface area contributed by atoms with Crippen molar-refractivity contribution in [1.29, 1.82) is 0 Å². The maximum atomic E-state index is 15.7. The Labute approximate surface area is 219 Å². The average Bonchev–Trinajstić information content (AvgIpc) is 3.49. The molecule has 0 amide bonds. The molecule has 3 aromatic rings. The molecule has 38 heavy (non-hydrogen) atoms. The summed E-state index contributed by atoms with van der Waals surface area (Å²) in [5, 5.41) is 9.58. The van der Waals surface area contributed by atoms with E-state index in [1.807, 2.05) is 36.1 Å². The molecule has 6 nitrogen and oxygen atoms in total. The molecule has 204 valence electrons. The maximum absolute atomic E-state index is 15.7. The van der Waals surface area contributed by atoms with Gasteiger partial charge in [-0.25, -0.2) is 18.0 Å². The molecule has 9 heteroatoms. The van der Waals surface area contributed by atoms with Crippen LogP contribution in [-0.2, 0) is 16.0 Å². The number of aliphatic carboxylic acids is 1. The first-order chi connectivity index (χ1) is 18.3. The van der Waals surface area contributed by atoms with Crippen molar-refractivity contribution in [3.63, 3.8) is 0 Å². The van der Waals surface area contributed by atoms with Crippen molar-refractivity contribution < 1.29 is 32.5 Å². The van der Waals surface area contributed by atoms with Gasteiger partial charge in [0.15, 0.2) is 0 Å². The fraction of sp³-hybridized carbons (Fsp3) is 0.483. The van der Waals surface area contributed by atoms with E-state index in [4.69, 9.17) is 14.6 Å². The van der Waals surface area contributed by atoms with Crippen molar-refractivity contribution in [2.45, 2.75) is 63.2 Å². The van der Waals surface area contributed by atoms with Crippen molar-refractivity contribution in [3.05, 3.63) is 64.9 Å². The summed E-state index contributed by atoms with van der Waals surface area (Å²) in [4.78, 5) is 15.7. The van der Waals surface area contributed by atoms with Gasteiger partial charge in [0.25, 0.3) is 0 Å². The highest BCUT2D eigenvalue weighted by atomic mass is 19.1. The fourth-order valence-corrected chi connectivity index (χ4v) is 5.42. The molecule has 0 unspecified atom stereocenters. The van der Waals surface area contributed by atoms with Crippen molar-refractivity contribution in [3.8, 4) is 5.75 Å². The smallest absolute Gasteiger partial charge is 0.329 e. The first-order valence-corrected chi connectivity index (χ1v) is 13.2. The van der Waals surface area contributed by atoms with E-state index < -0.39 is 29.3 Å². The van der Waals surface area contributed by atoms with Gasteiger partial charge in [0.1, 0.15) is 29.7 Å². The number of unbranched alkanes of at least 4 members (excludes halogenated alkanes) is 2. The number of hydrogen-bond donors (Lipinski definition) is 2. The van der Waals surface area contributed by atoms with Crippen LogP contribution in [0.15, 0.2) is 36.4 Å². The highest BCUT2D eigenvalue weighted by Crippen LogP contribution is 2.47. The zero-order chi connectivity index (χ0) is 26.9. The molecule has 0 spiro atoms. The quantitative estimate of drug-likeness (QED) is 0.284. The van der Waals surface area contributed by atoms with Gasteiger partial charge in [-0.05, 0) is 57.1 Å². The molecule has 1 saturated carbocycles. The molecular formula is C29H33F3N2O4. The number of aromatic amines is 1. The van der Waals surface area contributed by atoms with Gasteiger partial charge in [-0.2, -0.15) is 0 Å². The lowest BCUT2D eigenvalue weighted by Gasteiger charge is -2.41. The number of fused-ring (bicyclic) bond motifs is 3. The Morgan fingerprint density at radius 2 is 1.84 bits per heavy atom. The predicted molar refractivity (Wildman–Crippen MR) is 137 cm³/mol. The normalized spacial score (nSPS) is 20.4. The number of benzene rings is 2. The fourth-order valence-electron chi connectivity index (χ4n) is 5.42. The van der Waals surface area contributed by atoms with Crippen LogP contribution in [0.3, 0.4) is 0 Å². The number of nitrogens with zero attached hydrogens (tertiary/aromatic N) is 1. The Bertz CT molecular complexity index is 1280. The molecule has 2 aliphatic rings. The Morgan fingerprint density at radius 3 is 2.55 bits per heavy atom. The van der Waals surface area contributed by atoms with E-state index in [-0.39, 0.29) is 37.1 Å². The monoisotopic (exact) mass is 530 g/mol. The molecule has 5 rings (SSSR count). The summed E-state index contributed by atoms with van der Waals surface area (Å²) in [6.45, 7) is 2.38. The van der Waals surface area contributed by atoms with Crippen molar-refractivity contribution in [1.82, 2.24) is 9.88 Å². The van der Waals surface area contributed by atoms with E-state index >= 15 is 13.2 Å². The highest BCUT2D eigenvalue weighted by Gasteiger charge is 2.49. The average molecular weight is 531 g/mol. The number of H-pyrrole nitrogens is 1. The molecule has 2 aromatic carbocycles. The van der Waals surface area contributed by atoms with Gasteiger partial charge in [-0.1, -0.05) is 18.2 Å². The number of ether oxygens (including phenoxy) is 2. The van der Waals surface area contributed by atoms with Gasteiger partial charge in [-0.3, -0.25) is 4.90 Å². The van der Waals surface area contributed by atoms with Crippen LogP contribution in [0, 0.1) is 11.6 Å². The van der Waals surface area contributed by atoms with Crippen molar-refractivity contribution in [2.75, 3.05) is 26.4 Å². The van der Waals surface area contributed by atoms with Crippen LogP contribution < -0.4 is 4.74 Å². The lowest BCUT2D eigenvalue weighted by molar-refractivity contribution is -0.142. The summed E-state index contributed by atoms with van der Waals surface area (Å²) in [6.07, 6.45) is 3.62. The molecule has 2 N–H and O–H groups in total. The number of alkyl halides is 1. The Kier molecular flexibility index (Phi) is 7.68. The van der Waals surface area contributed by atoms with E-state index in [9.17, 15) is 4.79 Å². The van der Waals surface area contributed by atoms with Gasteiger partial charge in [0.05, 0.1) is 12.6 Å². The minimum Gasteiger partial charge on any atom is -0.493 e. The van der Waals surface area contributed by atoms with E-state index in [1.165, 1.54) is 12.1 Å². The van der Waals surface area contributed by atoms with Gasteiger partial charge in [0, 0.05) is 53.5 Å². The second-order valence-corrected chi connectivity index (χ2v) is 10.5. The van der Waals surface area contributed by atoms with E-state index in [0.29, 0.717) is 44.4 Å². The SMILES string of the molecule is C[C@@H]1Cc2c([nH]c3ccccc23)[C@@H](c2c(F)cc(OCCCCCOCC(=O)O)cc2F)N1CC1(F)CC1. The summed E-state index contributed by atoms with van der Waals surface area (Å²) >= 11 is 0. The number of para-hydroxylation sites is 1. The number of carboxylic acids is 1. The number of rotatable bonds is 12. The van der Waals surface area contributed by atoms with E-state index in [0.717, 1.165) is 22.9 Å².